The highest BCUT2D eigenvalue weighted by Crippen LogP contribution is 2.18. The Labute approximate surface area is 73.8 Å². The topological polar surface area (TPSA) is 52.5 Å². The maximum Gasteiger partial charge on any atom is 0.0693 e. The standard InChI is InChI=1S/C9H19NO2/c1-7(6-11)5-10-8-3-2-4-9(8)12/h7-12H,2-6H2,1H3/t7?,8-,9-/m1/s1. The Morgan fingerprint density at radius 3 is 2.75 bits per heavy atom. The van der Waals surface area contributed by atoms with Crippen molar-refractivity contribution in [2.24, 2.45) is 5.92 Å². The van der Waals surface area contributed by atoms with Crippen molar-refractivity contribution in [3.63, 3.8) is 0 Å². The second-order valence-corrected chi connectivity index (χ2v) is 3.80. The molecule has 0 heterocycles. The molecular weight excluding hydrogens is 154 g/mol. The van der Waals surface area contributed by atoms with Crippen molar-refractivity contribution >= 4 is 0 Å². The lowest BCUT2D eigenvalue weighted by atomic mass is 10.1. The summed E-state index contributed by atoms with van der Waals surface area (Å²) in [6.07, 6.45) is 2.94. The second kappa shape index (κ2) is 4.80. The van der Waals surface area contributed by atoms with E-state index in [1.807, 2.05) is 6.92 Å². The van der Waals surface area contributed by atoms with E-state index in [0.29, 0.717) is 0 Å². The van der Waals surface area contributed by atoms with Crippen molar-refractivity contribution in [1.29, 1.82) is 0 Å². The summed E-state index contributed by atoms with van der Waals surface area (Å²) in [4.78, 5) is 0. The molecule has 12 heavy (non-hydrogen) atoms. The van der Waals surface area contributed by atoms with Crippen molar-refractivity contribution in [2.45, 2.75) is 38.3 Å². The molecule has 0 aromatic rings. The van der Waals surface area contributed by atoms with Crippen LogP contribution in [0.15, 0.2) is 0 Å². The van der Waals surface area contributed by atoms with Crippen molar-refractivity contribution < 1.29 is 10.2 Å². The first kappa shape index (κ1) is 9.96. The summed E-state index contributed by atoms with van der Waals surface area (Å²) in [5, 5.41) is 21.5. The van der Waals surface area contributed by atoms with Crippen molar-refractivity contribution in [3.05, 3.63) is 0 Å². The van der Waals surface area contributed by atoms with Gasteiger partial charge in [0.2, 0.25) is 0 Å². The minimum Gasteiger partial charge on any atom is -0.396 e. The Hall–Kier alpha value is -0.120. The number of nitrogens with one attached hydrogen (secondary N) is 1. The summed E-state index contributed by atoms with van der Waals surface area (Å²) in [5.74, 6) is 0.290. The van der Waals surface area contributed by atoms with E-state index < -0.39 is 0 Å². The molecule has 0 spiro atoms. The van der Waals surface area contributed by atoms with Crippen LogP contribution in [-0.2, 0) is 0 Å². The molecule has 1 saturated carbocycles. The molecule has 1 rings (SSSR count). The van der Waals surface area contributed by atoms with Gasteiger partial charge in [0.25, 0.3) is 0 Å². The Kier molecular flexibility index (Phi) is 3.98. The van der Waals surface area contributed by atoms with E-state index in [0.717, 1.165) is 25.8 Å². The fraction of sp³-hybridized carbons (Fsp3) is 1.00. The van der Waals surface area contributed by atoms with Gasteiger partial charge in [0.05, 0.1) is 6.10 Å². The van der Waals surface area contributed by atoms with Gasteiger partial charge in [-0.3, -0.25) is 0 Å². The highest BCUT2D eigenvalue weighted by Gasteiger charge is 2.24. The van der Waals surface area contributed by atoms with E-state index >= 15 is 0 Å². The van der Waals surface area contributed by atoms with E-state index in [1.54, 1.807) is 0 Å². The second-order valence-electron chi connectivity index (χ2n) is 3.80. The molecule has 3 nitrogen and oxygen atoms in total. The third kappa shape index (κ3) is 2.73. The molecule has 0 aromatic carbocycles. The van der Waals surface area contributed by atoms with E-state index in [2.05, 4.69) is 5.32 Å². The number of aliphatic hydroxyl groups is 2. The summed E-state index contributed by atoms with van der Waals surface area (Å²) < 4.78 is 0. The fourth-order valence-electron chi connectivity index (χ4n) is 1.60. The average molecular weight is 173 g/mol. The highest BCUT2D eigenvalue weighted by atomic mass is 16.3. The van der Waals surface area contributed by atoms with Crippen molar-refractivity contribution in [1.82, 2.24) is 5.32 Å². The molecule has 3 heteroatoms. The van der Waals surface area contributed by atoms with Crippen molar-refractivity contribution in [3.8, 4) is 0 Å². The van der Waals surface area contributed by atoms with Crippen LogP contribution < -0.4 is 5.32 Å². The van der Waals surface area contributed by atoms with E-state index in [9.17, 15) is 5.11 Å². The van der Waals surface area contributed by atoms with E-state index in [-0.39, 0.29) is 24.7 Å². The largest absolute Gasteiger partial charge is 0.396 e. The molecule has 3 N–H and O–H groups in total. The van der Waals surface area contributed by atoms with Gasteiger partial charge in [-0.1, -0.05) is 6.92 Å². The first-order valence-electron chi connectivity index (χ1n) is 4.76. The summed E-state index contributed by atoms with van der Waals surface area (Å²) in [6, 6.07) is 0.263. The Bertz CT molecular complexity index is 130. The lowest BCUT2D eigenvalue weighted by Gasteiger charge is -2.18. The zero-order valence-corrected chi connectivity index (χ0v) is 7.66. The Morgan fingerprint density at radius 2 is 2.25 bits per heavy atom. The van der Waals surface area contributed by atoms with Gasteiger partial charge >= 0.3 is 0 Å². The molecule has 1 unspecified atom stereocenters. The normalized spacial score (nSPS) is 32.2. The molecule has 0 bridgehead atoms. The van der Waals surface area contributed by atoms with Crippen LogP contribution >= 0.6 is 0 Å². The van der Waals surface area contributed by atoms with Gasteiger partial charge in [-0.05, 0) is 25.2 Å². The third-order valence-corrected chi connectivity index (χ3v) is 2.52. The minimum absolute atomic E-state index is 0.170. The minimum atomic E-state index is -0.170. The predicted octanol–water partition coefficient (Wildman–Crippen LogP) is 0.118. The molecule has 0 amide bonds. The zero-order chi connectivity index (χ0) is 8.97. The van der Waals surface area contributed by atoms with Gasteiger partial charge in [0, 0.05) is 19.2 Å². The lowest BCUT2D eigenvalue weighted by Crippen LogP contribution is -2.38. The van der Waals surface area contributed by atoms with Gasteiger partial charge in [0.1, 0.15) is 0 Å². The molecule has 3 atom stereocenters. The van der Waals surface area contributed by atoms with Gasteiger partial charge in [-0.2, -0.15) is 0 Å². The predicted molar refractivity (Wildman–Crippen MR) is 47.9 cm³/mol. The number of hydrogen-bond acceptors (Lipinski definition) is 3. The highest BCUT2D eigenvalue weighted by molar-refractivity contribution is 4.82. The first-order chi connectivity index (χ1) is 5.74. The summed E-state index contributed by atoms with van der Waals surface area (Å²) in [7, 11) is 0. The van der Waals surface area contributed by atoms with Crippen molar-refractivity contribution in [2.75, 3.05) is 13.2 Å². The SMILES string of the molecule is CC(CO)CN[C@@H]1CCC[C@H]1O. The number of hydrogen-bond donors (Lipinski definition) is 3. The molecule has 0 aliphatic heterocycles. The van der Waals surface area contributed by atoms with E-state index in [1.165, 1.54) is 0 Å². The van der Waals surface area contributed by atoms with Crippen LogP contribution in [0.2, 0.25) is 0 Å². The molecular formula is C9H19NO2. The molecule has 0 radical (unpaired) electrons. The summed E-state index contributed by atoms with van der Waals surface area (Å²) >= 11 is 0. The van der Waals surface area contributed by atoms with Gasteiger partial charge in [0.15, 0.2) is 0 Å². The molecule has 72 valence electrons. The third-order valence-electron chi connectivity index (χ3n) is 2.52. The maximum absolute atomic E-state index is 9.45. The number of aliphatic hydroxyl groups excluding tert-OH is 2. The number of rotatable bonds is 4. The smallest absolute Gasteiger partial charge is 0.0693 e. The Morgan fingerprint density at radius 1 is 1.50 bits per heavy atom. The van der Waals surface area contributed by atoms with Crippen LogP contribution in [-0.4, -0.2) is 35.5 Å². The summed E-state index contributed by atoms with van der Waals surface area (Å²) in [6.45, 7) is 3.02. The fourth-order valence-corrected chi connectivity index (χ4v) is 1.60. The maximum atomic E-state index is 9.45. The zero-order valence-electron chi connectivity index (χ0n) is 7.66. The van der Waals surface area contributed by atoms with E-state index in [4.69, 9.17) is 5.11 Å². The molecule has 0 saturated heterocycles. The van der Waals surface area contributed by atoms with Crippen LogP contribution in [0.1, 0.15) is 26.2 Å². The summed E-state index contributed by atoms with van der Waals surface area (Å²) in [5.41, 5.74) is 0. The van der Waals surface area contributed by atoms with Gasteiger partial charge < -0.3 is 15.5 Å². The quantitative estimate of drug-likeness (QED) is 0.566. The lowest BCUT2D eigenvalue weighted by molar-refractivity contribution is 0.142. The van der Waals surface area contributed by atoms with Gasteiger partial charge in [-0.25, -0.2) is 0 Å². The Balaban J connectivity index is 2.13. The van der Waals surface area contributed by atoms with Crippen LogP contribution in [0.3, 0.4) is 0 Å². The molecule has 1 aliphatic carbocycles. The monoisotopic (exact) mass is 173 g/mol. The van der Waals surface area contributed by atoms with Crippen LogP contribution in [0.4, 0.5) is 0 Å². The van der Waals surface area contributed by atoms with Crippen LogP contribution in [0.25, 0.3) is 0 Å². The molecule has 1 aliphatic rings. The van der Waals surface area contributed by atoms with Gasteiger partial charge in [-0.15, -0.1) is 0 Å². The first-order valence-corrected chi connectivity index (χ1v) is 4.76. The average Bonchev–Trinajstić information content (AvgIpc) is 2.47. The molecule has 0 aromatic heterocycles. The molecule has 1 fully saturated rings. The van der Waals surface area contributed by atoms with Crippen LogP contribution in [0.5, 0.6) is 0 Å². The van der Waals surface area contributed by atoms with Crippen LogP contribution in [0, 0.1) is 5.92 Å².